The molecule has 0 fully saturated rings. The van der Waals surface area contributed by atoms with Crippen LogP contribution >= 0.6 is 11.8 Å². The molecule has 0 atom stereocenters. The fraction of sp³-hybridized carbons (Fsp3) is 0.167. The van der Waals surface area contributed by atoms with E-state index in [9.17, 15) is 13.2 Å². The quantitative estimate of drug-likeness (QED) is 0.422. The summed E-state index contributed by atoms with van der Waals surface area (Å²) in [4.78, 5) is 13.0. The third-order valence-corrected chi connectivity index (χ3v) is 4.67. The van der Waals surface area contributed by atoms with Gasteiger partial charge in [0.15, 0.2) is 0 Å². The number of amides is 1. The summed E-state index contributed by atoms with van der Waals surface area (Å²) in [5.41, 5.74) is 1.30. The van der Waals surface area contributed by atoms with Crippen molar-refractivity contribution in [1.29, 1.82) is 0 Å². The highest BCUT2D eigenvalue weighted by molar-refractivity contribution is 7.99. The summed E-state index contributed by atoms with van der Waals surface area (Å²) in [6, 6.07) is 16.8. The smallest absolute Gasteiger partial charge is 0.244 e. The van der Waals surface area contributed by atoms with Crippen molar-refractivity contribution in [2.24, 2.45) is 0 Å². The van der Waals surface area contributed by atoms with Crippen LogP contribution in [-0.2, 0) is 14.8 Å². The molecule has 0 bridgehead atoms. The molecule has 0 heterocycles. The minimum absolute atomic E-state index is 0.160. The molecular formula is C18H20N2O3S2. The average Bonchev–Trinajstić information content (AvgIpc) is 2.58. The second-order valence-corrected chi connectivity index (χ2v) is 8.20. The molecule has 0 saturated carbocycles. The zero-order chi connectivity index (χ0) is 18.1. The van der Waals surface area contributed by atoms with Crippen LogP contribution in [0.2, 0.25) is 0 Å². The number of carbonyl (C=O) groups is 1. The zero-order valence-electron chi connectivity index (χ0n) is 13.8. The third-order valence-electron chi connectivity index (χ3n) is 3.05. The van der Waals surface area contributed by atoms with E-state index in [1.54, 1.807) is 42.1 Å². The number of benzene rings is 2. The van der Waals surface area contributed by atoms with Gasteiger partial charge >= 0.3 is 0 Å². The number of sulfonamides is 1. The van der Waals surface area contributed by atoms with Crippen LogP contribution in [0.4, 0.5) is 5.69 Å². The van der Waals surface area contributed by atoms with Gasteiger partial charge in [-0.3, -0.25) is 9.52 Å². The predicted molar refractivity (Wildman–Crippen MR) is 104 cm³/mol. The number of rotatable bonds is 8. The molecule has 5 nitrogen and oxygen atoms in total. The van der Waals surface area contributed by atoms with Gasteiger partial charge in [-0.05, 0) is 35.9 Å². The molecule has 1 amide bonds. The van der Waals surface area contributed by atoms with E-state index >= 15 is 0 Å². The molecular weight excluding hydrogens is 356 g/mol. The summed E-state index contributed by atoms with van der Waals surface area (Å²) in [7, 11) is -3.28. The van der Waals surface area contributed by atoms with Crippen molar-refractivity contribution in [3.05, 3.63) is 66.2 Å². The van der Waals surface area contributed by atoms with E-state index in [1.165, 1.54) is 11.0 Å². The molecule has 2 N–H and O–H groups in total. The highest BCUT2D eigenvalue weighted by Crippen LogP contribution is 2.15. The van der Waals surface area contributed by atoms with Crippen molar-refractivity contribution in [3.63, 3.8) is 0 Å². The summed E-state index contributed by atoms with van der Waals surface area (Å²) in [6.45, 7) is 0.583. The second kappa shape index (κ2) is 9.29. The van der Waals surface area contributed by atoms with Crippen molar-refractivity contribution in [2.75, 3.05) is 23.3 Å². The molecule has 25 heavy (non-hydrogen) atoms. The van der Waals surface area contributed by atoms with E-state index in [-0.39, 0.29) is 5.91 Å². The van der Waals surface area contributed by atoms with Crippen molar-refractivity contribution in [1.82, 2.24) is 5.32 Å². The van der Waals surface area contributed by atoms with Crippen LogP contribution in [0.25, 0.3) is 6.08 Å². The molecule has 0 saturated heterocycles. The average molecular weight is 377 g/mol. The monoisotopic (exact) mass is 376 g/mol. The first-order valence-electron chi connectivity index (χ1n) is 7.64. The predicted octanol–water partition coefficient (Wildman–Crippen LogP) is 2.98. The Morgan fingerprint density at radius 2 is 1.76 bits per heavy atom. The van der Waals surface area contributed by atoms with E-state index in [2.05, 4.69) is 10.0 Å². The fourth-order valence-corrected chi connectivity index (χ4v) is 3.32. The van der Waals surface area contributed by atoms with Gasteiger partial charge in [0.1, 0.15) is 0 Å². The van der Waals surface area contributed by atoms with Crippen LogP contribution in [0.15, 0.2) is 65.6 Å². The summed E-state index contributed by atoms with van der Waals surface area (Å²) in [5.74, 6) is 0.641. The molecule has 0 aliphatic rings. The Hall–Kier alpha value is -2.25. The summed E-state index contributed by atoms with van der Waals surface area (Å²) in [5, 5.41) is 2.83. The highest BCUT2D eigenvalue weighted by atomic mass is 32.2. The van der Waals surface area contributed by atoms with Gasteiger partial charge in [-0.2, -0.15) is 0 Å². The van der Waals surface area contributed by atoms with E-state index in [4.69, 9.17) is 0 Å². The third kappa shape index (κ3) is 7.91. The van der Waals surface area contributed by atoms with E-state index in [0.717, 1.165) is 17.6 Å². The first-order valence-corrected chi connectivity index (χ1v) is 10.5. The van der Waals surface area contributed by atoms with Gasteiger partial charge in [0.2, 0.25) is 15.9 Å². The Bertz CT molecular complexity index is 817. The number of hydrogen-bond donors (Lipinski definition) is 2. The summed E-state index contributed by atoms with van der Waals surface area (Å²) in [6.07, 6.45) is 4.25. The standard InChI is InChI=1S/C18H20N2O3S2/c1-25(22,23)20-16-10-7-15(8-11-16)9-12-18(21)19-13-14-24-17-5-3-2-4-6-17/h2-12,20H,13-14H2,1H3,(H,19,21)/b12-9+. The molecule has 0 aromatic heterocycles. The van der Waals surface area contributed by atoms with Gasteiger partial charge in [0, 0.05) is 29.0 Å². The summed E-state index contributed by atoms with van der Waals surface area (Å²) < 4.78 is 24.7. The Morgan fingerprint density at radius 3 is 2.40 bits per heavy atom. The maximum absolute atomic E-state index is 11.8. The number of hydrogen-bond acceptors (Lipinski definition) is 4. The lowest BCUT2D eigenvalue weighted by Crippen LogP contribution is -2.23. The lowest BCUT2D eigenvalue weighted by molar-refractivity contribution is -0.116. The first kappa shape index (κ1) is 19.1. The van der Waals surface area contributed by atoms with Crippen molar-refractivity contribution in [2.45, 2.75) is 4.90 Å². The van der Waals surface area contributed by atoms with Gasteiger partial charge in [-0.25, -0.2) is 8.42 Å². The Balaban J connectivity index is 1.74. The molecule has 0 spiro atoms. The Kier molecular flexibility index (Phi) is 7.09. The minimum Gasteiger partial charge on any atom is -0.352 e. The van der Waals surface area contributed by atoms with E-state index in [1.807, 2.05) is 30.3 Å². The lowest BCUT2D eigenvalue weighted by atomic mass is 10.2. The SMILES string of the molecule is CS(=O)(=O)Nc1ccc(/C=C/C(=O)NCCSc2ccccc2)cc1. The molecule has 0 aliphatic carbocycles. The first-order chi connectivity index (χ1) is 11.9. The number of carbonyl (C=O) groups excluding carboxylic acids is 1. The van der Waals surface area contributed by atoms with Crippen LogP contribution in [0, 0.1) is 0 Å². The Labute approximate surface area is 152 Å². The molecule has 7 heteroatoms. The van der Waals surface area contributed by atoms with Gasteiger partial charge < -0.3 is 5.32 Å². The topological polar surface area (TPSA) is 75.3 Å². The number of nitrogens with one attached hydrogen (secondary N) is 2. The minimum atomic E-state index is -3.28. The molecule has 132 valence electrons. The molecule has 2 rings (SSSR count). The van der Waals surface area contributed by atoms with E-state index < -0.39 is 10.0 Å². The molecule has 2 aromatic carbocycles. The normalized spacial score (nSPS) is 11.4. The van der Waals surface area contributed by atoms with Crippen molar-refractivity contribution < 1.29 is 13.2 Å². The highest BCUT2D eigenvalue weighted by Gasteiger charge is 2.01. The van der Waals surface area contributed by atoms with Gasteiger partial charge in [0.05, 0.1) is 6.26 Å². The second-order valence-electron chi connectivity index (χ2n) is 5.28. The molecule has 2 aromatic rings. The van der Waals surface area contributed by atoms with Gasteiger partial charge in [0.25, 0.3) is 0 Å². The van der Waals surface area contributed by atoms with Gasteiger partial charge in [-0.1, -0.05) is 30.3 Å². The van der Waals surface area contributed by atoms with Crippen LogP contribution in [0.1, 0.15) is 5.56 Å². The molecule has 0 radical (unpaired) electrons. The van der Waals surface area contributed by atoms with Crippen LogP contribution in [-0.4, -0.2) is 32.9 Å². The summed E-state index contributed by atoms with van der Waals surface area (Å²) >= 11 is 1.69. The molecule has 0 unspecified atom stereocenters. The molecule has 0 aliphatic heterocycles. The van der Waals surface area contributed by atoms with Crippen LogP contribution < -0.4 is 10.0 Å². The van der Waals surface area contributed by atoms with Crippen molar-refractivity contribution in [3.8, 4) is 0 Å². The van der Waals surface area contributed by atoms with Crippen LogP contribution in [0.5, 0.6) is 0 Å². The maximum atomic E-state index is 11.8. The fourth-order valence-electron chi connectivity index (χ4n) is 1.97. The van der Waals surface area contributed by atoms with Crippen molar-refractivity contribution >= 4 is 39.5 Å². The zero-order valence-corrected chi connectivity index (χ0v) is 15.4. The largest absolute Gasteiger partial charge is 0.352 e. The van der Waals surface area contributed by atoms with Crippen LogP contribution in [0.3, 0.4) is 0 Å². The maximum Gasteiger partial charge on any atom is 0.244 e. The lowest BCUT2D eigenvalue weighted by Gasteiger charge is -2.04. The van der Waals surface area contributed by atoms with E-state index in [0.29, 0.717) is 12.2 Å². The number of thioether (sulfide) groups is 1. The van der Waals surface area contributed by atoms with Gasteiger partial charge in [-0.15, -0.1) is 11.8 Å². The number of anilines is 1. The Morgan fingerprint density at radius 1 is 1.08 bits per heavy atom.